The molecule has 0 unspecified atom stereocenters. The van der Waals surface area contributed by atoms with Gasteiger partial charge in [0.05, 0.1) is 6.54 Å². The zero-order chi connectivity index (χ0) is 16.8. The maximum atomic E-state index is 13.2. The van der Waals surface area contributed by atoms with Crippen LogP contribution < -0.4 is 10.6 Å². The number of nitrogens with one attached hydrogen (secondary N) is 2. The quantitative estimate of drug-likeness (QED) is 0.858. The molecule has 3 nitrogen and oxygen atoms in total. The average molecular weight is 322 g/mol. The van der Waals surface area contributed by atoms with E-state index in [2.05, 4.69) is 10.6 Å². The van der Waals surface area contributed by atoms with Crippen molar-refractivity contribution in [2.75, 3.05) is 6.54 Å². The van der Waals surface area contributed by atoms with Gasteiger partial charge in [0.25, 0.3) is 0 Å². The summed E-state index contributed by atoms with van der Waals surface area (Å²) >= 11 is 0. The van der Waals surface area contributed by atoms with Crippen LogP contribution in [0.5, 0.6) is 0 Å². The van der Waals surface area contributed by atoms with E-state index in [4.69, 9.17) is 0 Å². The summed E-state index contributed by atoms with van der Waals surface area (Å²) in [5.74, 6) is -2.40. The largest absolute Gasteiger partial charge is 0.351 e. The Hall–Kier alpha value is -2.34. The first kappa shape index (κ1) is 17.0. The van der Waals surface area contributed by atoms with Crippen LogP contribution in [0.15, 0.2) is 42.5 Å². The van der Waals surface area contributed by atoms with Gasteiger partial charge in [-0.15, -0.1) is 0 Å². The highest BCUT2D eigenvalue weighted by Crippen LogP contribution is 2.15. The van der Waals surface area contributed by atoms with Gasteiger partial charge in [-0.05, 0) is 42.3 Å². The number of carbonyl (C=O) groups is 1. The first-order valence-electron chi connectivity index (χ1n) is 7.15. The second-order valence-corrected chi connectivity index (χ2v) is 5.18. The Morgan fingerprint density at radius 1 is 1.04 bits per heavy atom. The molecule has 0 aliphatic rings. The Morgan fingerprint density at radius 2 is 1.74 bits per heavy atom. The molecule has 0 aliphatic heterocycles. The molecule has 1 atom stereocenters. The van der Waals surface area contributed by atoms with Crippen molar-refractivity contribution >= 4 is 5.91 Å². The van der Waals surface area contributed by atoms with E-state index in [1.54, 1.807) is 19.1 Å². The first-order chi connectivity index (χ1) is 11.0. The Morgan fingerprint density at radius 3 is 2.39 bits per heavy atom. The van der Waals surface area contributed by atoms with Crippen LogP contribution >= 0.6 is 0 Å². The van der Waals surface area contributed by atoms with Gasteiger partial charge in [-0.2, -0.15) is 0 Å². The summed E-state index contributed by atoms with van der Waals surface area (Å²) < 4.78 is 38.8. The van der Waals surface area contributed by atoms with Crippen LogP contribution in [0.25, 0.3) is 0 Å². The summed E-state index contributed by atoms with van der Waals surface area (Å²) in [5.41, 5.74) is 1.34. The molecule has 0 radical (unpaired) electrons. The smallest absolute Gasteiger partial charge is 0.234 e. The van der Waals surface area contributed by atoms with Crippen molar-refractivity contribution in [3.8, 4) is 0 Å². The predicted molar refractivity (Wildman–Crippen MR) is 81.0 cm³/mol. The minimum Gasteiger partial charge on any atom is -0.351 e. The molecule has 0 fully saturated rings. The number of rotatable bonds is 6. The molecule has 2 rings (SSSR count). The molecule has 0 bridgehead atoms. The normalized spacial score (nSPS) is 12.0. The van der Waals surface area contributed by atoms with E-state index in [0.717, 1.165) is 17.7 Å². The van der Waals surface area contributed by atoms with Gasteiger partial charge in [0.1, 0.15) is 5.82 Å². The Balaban J connectivity index is 1.79. The van der Waals surface area contributed by atoms with Crippen molar-refractivity contribution in [1.29, 1.82) is 0 Å². The molecule has 122 valence electrons. The number of halogens is 3. The highest BCUT2D eigenvalue weighted by Gasteiger charge is 2.10. The molecular formula is C17H17F3N2O. The van der Waals surface area contributed by atoms with Crippen molar-refractivity contribution in [2.24, 2.45) is 0 Å². The number of carbonyl (C=O) groups excluding carboxylic acids is 1. The number of amides is 1. The van der Waals surface area contributed by atoms with Gasteiger partial charge in [-0.3, -0.25) is 4.79 Å². The highest BCUT2D eigenvalue weighted by molar-refractivity contribution is 5.78. The molecule has 2 aromatic rings. The molecular weight excluding hydrogens is 305 g/mol. The van der Waals surface area contributed by atoms with Gasteiger partial charge < -0.3 is 10.6 Å². The number of benzene rings is 2. The summed E-state index contributed by atoms with van der Waals surface area (Å²) in [6, 6.07) is 9.14. The van der Waals surface area contributed by atoms with Crippen LogP contribution in [0.2, 0.25) is 0 Å². The summed E-state index contributed by atoms with van der Waals surface area (Å²) in [5, 5.41) is 5.62. The van der Waals surface area contributed by atoms with E-state index in [0.29, 0.717) is 12.1 Å². The van der Waals surface area contributed by atoms with Gasteiger partial charge in [0, 0.05) is 12.6 Å². The summed E-state index contributed by atoms with van der Waals surface area (Å²) in [4.78, 5) is 11.8. The van der Waals surface area contributed by atoms with Gasteiger partial charge in [-0.25, -0.2) is 13.2 Å². The van der Waals surface area contributed by atoms with Gasteiger partial charge >= 0.3 is 0 Å². The van der Waals surface area contributed by atoms with Crippen molar-refractivity contribution in [2.45, 2.75) is 19.5 Å². The lowest BCUT2D eigenvalue weighted by molar-refractivity contribution is -0.120. The molecule has 23 heavy (non-hydrogen) atoms. The predicted octanol–water partition coefficient (Wildman–Crippen LogP) is 3.07. The van der Waals surface area contributed by atoms with E-state index in [1.165, 1.54) is 18.2 Å². The minimum atomic E-state index is -0.920. The Bertz CT molecular complexity index is 674. The van der Waals surface area contributed by atoms with Gasteiger partial charge in [-0.1, -0.05) is 18.2 Å². The molecule has 0 aliphatic carbocycles. The van der Waals surface area contributed by atoms with Crippen LogP contribution in [0, 0.1) is 17.5 Å². The molecule has 0 spiro atoms. The van der Waals surface area contributed by atoms with E-state index >= 15 is 0 Å². The highest BCUT2D eigenvalue weighted by atomic mass is 19.2. The topological polar surface area (TPSA) is 41.1 Å². The van der Waals surface area contributed by atoms with Crippen LogP contribution in [0.3, 0.4) is 0 Å². The lowest BCUT2D eigenvalue weighted by atomic mass is 10.1. The fraction of sp³-hybridized carbons (Fsp3) is 0.235. The van der Waals surface area contributed by atoms with E-state index in [9.17, 15) is 18.0 Å². The lowest BCUT2D eigenvalue weighted by Crippen LogP contribution is -2.34. The maximum Gasteiger partial charge on any atom is 0.234 e. The maximum absolute atomic E-state index is 13.2. The molecule has 6 heteroatoms. The zero-order valence-corrected chi connectivity index (χ0v) is 12.6. The van der Waals surface area contributed by atoms with E-state index < -0.39 is 11.6 Å². The second-order valence-electron chi connectivity index (χ2n) is 5.18. The minimum absolute atomic E-state index is 0.0291. The lowest BCUT2D eigenvalue weighted by Gasteiger charge is -2.14. The first-order valence-corrected chi connectivity index (χ1v) is 7.15. The monoisotopic (exact) mass is 322 g/mol. The third kappa shape index (κ3) is 5.10. The molecule has 2 aromatic carbocycles. The van der Waals surface area contributed by atoms with Crippen molar-refractivity contribution in [3.63, 3.8) is 0 Å². The summed E-state index contributed by atoms with van der Waals surface area (Å²) in [7, 11) is 0. The zero-order valence-electron chi connectivity index (χ0n) is 12.6. The van der Waals surface area contributed by atoms with E-state index in [1.807, 2.05) is 0 Å². The molecule has 0 saturated heterocycles. The molecule has 1 amide bonds. The Kier molecular flexibility index (Phi) is 5.76. The molecule has 0 saturated carbocycles. The summed E-state index contributed by atoms with van der Waals surface area (Å²) in [6.45, 7) is 2.07. The van der Waals surface area contributed by atoms with Crippen LogP contribution in [0.1, 0.15) is 24.1 Å². The van der Waals surface area contributed by atoms with E-state index in [-0.39, 0.29) is 24.3 Å². The van der Waals surface area contributed by atoms with Crippen molar-refractivity contribution < 1.29 is 18.0 Å². The Labute approximate surface area is 132 Å². The molecule has 0 heterocycles. The van der Waals surface area contributed by atoms with Crippen molar-refractivity contribution in [1.82, 2.24) is 10.6 Å². The van der Waals surface area contributed by atoms with Crippen LogP contribution in [-0.2, 0) is 11.3 Å². The third-order valence-corrected chi connectivity index (χ3v) is 3.42. The fourth-order valence-electron chi connectivity index (χ4n) is 2.01. The second kappa shape index (κ2) is 7.78. The third-order valence-electron chi connectivity index (χ3n) is 3.42. The van der Waals surface area contributed by atoms with Gasteiger partial charge in [0.2, 0.25) is 5.91 Å². The number of hydrogen-bond acceptors (Lipinski definition) is 2. The van der Waals surface area contributed by atoms with Crippen LogP contribution in [0.4, 0.5) is 13.2 Å². The molecule has 0 aromatic heterocycles. The summed E-state index contributed by atoms with van der Waals surface area (Å²) in [6.07, 6.45) is 0. The standard InChI is InChI=1S/C17H17F3N2O/c1-11(13-4-7-15(19)16(20)8-13)21-10-17(23)22-9-12-2-5-14(18)6-3-12/h2-8,11,21H,9-10H2,1H3,(H,22,23)/t11-/m1/s1. The van der Waals surface area contributed by atoms with Crippen LogP contribution in [-0.4, -0.2) is 12.5 Å². The molecule has 2 N–H and O–H groups in total. The fourth-order valence-corrected chi connectivity index (χ4v) is 2.01. The van der Waals surface area contributed by atoms with Crippen molar-refractivity contribution in [3.05, 3.63) is 71.0 Å². The van der Waals surface area contributed by atoms with Gasteiger partial charge in [0.15, 0.2) is 11.6 Å². The number of hydrogen-bond donors (Lipinski definition) is 2. The average Bonchev–Trinajstić information content (AvgIpc) is 2.54. The SMILES string of the molecule is C[C@@H](NCC(=O)NCc1ccc(F)cc1)c1ccc(F)c(F)c1.